The van der Waals surface area contributed by atoms with Gasteiger partial charge in [0.15, 0.2) is 0 Å². The van der Waals surface area contributed by atoms with Crippen molar-refractivity contribution >= 4 is 23.8 Å². The fourth-order valence-electron chi connectivity index (χ4n) is 2.58. The summed E-state index contributed by atoms with van der Waals surface area (Å²) in [7, 11) is 2.50. The minimum absolute atomic E-state index is 0.135. The Kier molecular flexibility index (Phi) is 21.6. The molecule has 210 valence electrons. The van der Waals surface area contributed by atoms with E-state index in [9.17, 15) is 19.2 Å². The molecule has 0 radical (unpaired) electrons. The van der Waals surface area contributed by atoms with Gasteiger partial charge in [-0.05, 0) is 12.8 Å². The summed E-state index contributed by atoms with van der Waals surface area (Å²) in [5.41, 5.74) is 11.1. The molecule has 0 saturated heterocycles. The smallest absolute Gasteiger partial charge is 0.322 e. The average molecular weight is 523 g/mol. The lowest BCUT2D eigenvalue weighted by Gasteiger charge is -2.10. The zero-order chi connectivity index (χ0) is 27.0. The van der Waals surface area contributed by atoms with Crippen molar-refractivity contribution in [3.63, 3.8) is 0 Å². The molecular weight excluding hydrogens is 480 g/mol. The van der Waals surface area contributed by atoms with Gasteiger partial charge in [0.05, 0.1) is 67.1 Å². The van der Waals surface area contributed by atoms with E-state index in [0.717, 1.165) is 0 Å². The lowest BCUT2D eigenvalue weighted by molar-refractivity contribution is -0.143. The molecule has 0 unspecified atom stereocenters. The van der Waals surface area contributed by atoms with Gasteiger partial charge in [-0.3, -0.25) is 19.2 Å². The third-order valence-corrected chi connectivity index (χ3v) is 4.63. The van der Waals surface area contributed by atoms with Gasteiger partial charge in [-0.25, -0.2) is 0 Å². The maximum atomic E-state index is 11.6. The molecule has 0 aliphatic heterocycles. The standard InChI is InChI=1S/C22H42N4O10/c1-31-21(29)17(23)3-5-19(27)25-7-9-33-11-13-35-15-16-36-14-12-34-10-8-26-20(28)6-4-18(24)22(30)32-2/h17-18H,3-16,23-24H2,1-2H3,(H,25,27)(H,26,28)/t17-,18-/m0/s1. The number of carbonyl (C=O) groups excluding carboxylic acids is 4. The molecule has 0 saturated carbocycles. The minimum atomic E-state index is -0.803. The summed E-state index contributed by atoms with van der Waals surface area (Å²) in [6, 6.07) is -1.61. The molecule has 14 nitrogen and oxygen atoms in total. The van der Waals surface area contributed by atoms with Gasteiger partial charge in [-0.2, -0.15) is 0 Å². The number of methoxy groups -OCH3 is 2. The van der Waals surface area contributed by atoms with E-state index in [4.69, 9.17) is 30.4 Å². The first-order chi connectivity index (χ1) is 17.3. The first kappa shape index (κ1) is 33.6. The summed E-state index contributed by atoms with van der Waals surface area (Å²) in [4.78, 5) is 45.6. The average Bonchev–Trinajstić information content (AvgIpc) is 2.88. The predicted octanol–water partition coefficient (Wildman–Crippen LogP) is -2.15. The van der Waals surface area contributed by atoms with Crippen LogP contribution in [0.3, 0.4) is 0 Å². The second-order valence-corrected chi connectivity index (χ2v) is 7.49. The van der Waals surface area contributed by atoms with E-state index in [1.54, 1.807) is 0 Å². The molecule has 0 heterocycles. The fraction of sp³-hybridized carbons (Fsp3) is 0.818. The van der Waals surface area contributed by atoms with Crippen molar-refractivity contribution < 1.29 is 47.6 Å². The Labute approximate surface area is 212 Å². The van der Waals surface area contributed by atoms with Crippen molar-refractivity contribution in [1.29, 1.82) is 0 Å². The maximum absolute atomic E-state index is 11.6. The van der Waals surface area contributed by atoms with Crippen LogP contribution in [0.4, 0.5) is 0 Å². The van der Waals surface area contributed by atoms with Gasteiger partial charge >= 0.3 is 11.9 Å². The highest BCUT2D eigenvalue weighted by Crippen LogP contribution is 1.97. The molecular formula is C22H42N4O10. The summed E-state index contributed by atoms with van der Waals surface area (Å²) in [6.45, 7) is 3.75. The van der Waals surface area contributed by atoms with Crippen LogP contribution in [-0.2, 0) is 47.6 Å². The topological polar surface area (TPSA) is 200 Å². The highest BCUT2D eigenvalue weighted by Gasteiger charge is 2.15. The first-order valence-corrected chi connectivity index (χ1v) is 11.8. The third-order valence-electron chi connectivity index (χ3n) is 4.63. The van der Waals surface area contributed by atoms with E-state index in [1.165, 1.54) is 14.2 Å². The zero-order valence-corrected chi connectivity index (χ0v) is 21.3. The Morgan fingerprint density at radius 1 is 0.583 bits per heavy atom. The quantitative estimate of drug-likeness (QED) is 0.0838. The lowest BCUT2D eigenvalue weighted by Crippen LogP contribution is -2.34. The Morgan fingerprint density at radius 2 is 0.889 bits per heavy atom. The van der Waals surface area contributed by atoms with Crippen molar-refractivity contribution in [2.24, 2.45) is 11.5 Å². The van der Waals surface area contributed by atoms with Gasteiger partial charge in [-0.1, -0.05) is 0 Å². The lowest BCUT2D eigenvalue weighted by atomic mass is 10.1. The van der Waals surface area contributed by atoms with Crippen molar-refractivity contribution in [3.05, 3.63) is 0 Å². The Balaban J connectivity index is 3.34. The van der Waals surface area contributed by atoms with Crippen LogP contribution in [0.1, 0.15) is 25.7 Å². The monoisotopic (exact) mass is 522 g/mol. The summed E-state index contributed by atoms with van der Waals surface area (Å²) in [5, 5.41) is 5.35. The summed E-state index contributed by atoms with van der Waals surface area (Å²) in [5.74, 6) is -1.50. The largest absolute Gasteiger partial charge is 0.468 e. The van der Waals surface area contributed by atoms with Crippen LogP contribution < -0.4 is 22.1 Å². The van der Waals surface area contributed by atoms with Crippen LogP contribution in [0.5, 0.6) is 0 Å². The molecule has 0 aliphatic carbocycles. The molecule has 0 aromatic rings. The number of nitrogens with two attached hydrogens (primary N) is 2. The van der Waals surface area contributed by atoms with Crippen LogP contribution in [0.25, 0.3) is 0 Å². The van der Waals surface area contributed by atoms with Crippen molar-refractivity contribution in [1.82, 2.24) is 10.6 Å². The van der Waals surface area contributed by atoms with E-state index in [-0.39, 0.29) is 37.5 Å². The van der Waals surface area contributed by atoms with Crippen LogP contribution >= 0.6 is 0 Å². The Hall–Kier alpha value is -2.36. The molecule has 0 aromatic carbocycles. The highest BCUT2D eigenvalue weighted by atomic mass is 16.6. The van der Waals surface area contributed by atoms with Crippen molar-refractivity contribution in [2.45, 2.75) is 37.8 Å². The number of amides is 2. The van der Waals surface area contributed by atoms with Gasteiger partial charge in [-0.15, -0.1) is 0 Å². The van der Waals surface area contributed by atoms with Gasteiger partial charge in [0.2, 0.25) is 11.8 Å². The van der Waals surface area contributed by atoms with Gasteiger partial charge in [0.1, 0.15) is 12.1 Å². The minimum Gasteiger partial charge on any atom is -0.468 e. The maximum Gasteiger partial charge on any atom is 0.322 e. The van der Waals surface area contributed by atoms with Crippen molar-refractivity contribution in [3.8, 4) is 0 Å². The number of nitrogens with one attached hydrogen (secondary N) is 2. The van der Waals surface area contributed by atoms with E-state index >= 15 is 0 Å². The zero-order valence-electron chi connectivity index (χ0n) is 21.3. The Bertz CT molecular complexity index is 572. The summed E-state index contributed by atoms with van der Waals surface area (Å²) in [6.07, 6.45) is 0.708. The molecule has 0 aliphatic rings. The molecule has 14 heteroatoms. The van der Waals surface area contributed by atoms with E-state index in [0.29, 0.717) is 65.9 Å². The van der Waals surface area contributed by atoms with Crippen LogP contribution in [0.15, 0.2) is 0 Å². The van der Waals surface area contributed by atoms with Crippen LogP contribution in [-0.4, -0.2) is 116 Å². The summed E-state index contributed by atoms with van der Waals surface area (Å²) >= 11 is 0. The second kappa shape index (κ2) is 23.1. The number of hydrogen-bond acceptors (Lipinski definition) is 12. The molecule has 0 bridgehead atoms. The molecule has 0 spiro atoms. The normalized spacial score (nSPS) is 12.4. The molecule has 0 aromatic heterocycles. The molecule has 0 rings (SSSR count). The number of ether oxygens (including phenoxy) is 6. The van der Waals surface area contributed by atoms with E-state index < -0.39 is 24.0 Å². The third kappa shape index (κ3) is 19.9. The molecule has 2 amide bonds. The first-order valence-electron chi connectivity index (χ1n) is 11.8. The highest BCUT2D eigenvalue weighted by molar-refractivity contribution is 5.79. The summed E-state index contributed by atoms with van der Waals surface area (Å²) < 4.78 is 30.4. The SMILES string of the molecule is COC(=O)[C@@H](N)CCC(=O)NCCOCCOCCOCCOCCNC(=O)CC[C@H](N)C(=O)OC. The van der Waals surface area contributed by atoms with Crippen LogP contribution in [0.2, 0.25) is 0 Å². The van der Waals surface area contributed by atoms with Gasteiger partial charge in [0.25, 0.3) is 0 Å². The number of rotatable bonds is 23. The van der Waals surface area contributed by atoms with Gasteiger partial charge < -0.3 is 50.5 Å². The molecule has 2 atom stereocenters. The number of carbonyl (C=O) groups is 4. The molecule has 6 N–H and O–H groups in total. The van der Waals surface area contributed by atoms with Crippen molar-refractivity contribution in [2.75, 3.05) is 80.2 Å². The van der Waals surface area contributed by atoms with E-state index in [2.05, 4.69) is 20.1 Å². The number of hydrogen-bond donors (Lipinski definition) is 4. The molecule has 36 heavy (non-hydrogen) atoms. The van der Waals surface area contributed by atoms with Gasteiger partial charge in [0, 0.05) is 25.9 Å². The molecule has 0 fully saturated rings. The number of esters is 2. The fourth-order valence-corrected chi connectivity index (χ4v) is 2.58. The predicted molar refractivity (Wildman–Crippen MR) is 128 cm³/mol. The van der Waals surface area contributed by atoms with Crippen LogP contribution in [0, 0.1) is 0 Å². The second-order valence-electron chi connectivity index (χ2n) is 7.49. The van der Waals surface area contributed by atoms with E-state index in [1.807, 2.05) is 0 Å². The Morgan fingerprint density at radius 3 is 1.19 bits per heavy atom.